The van der Waals surface area contributed by atoms with Crippen LogP contribution in [-0.2, 0) is 4.84 Å². The van der Waals surface area contributed by atoms with Crippen LogP contribution in [0.15, 0.2) is 23.4 Å². The summed E-state index contributed by atoms with van der Waals surface area (Å²) in [4.78, 5) is 4.57. The number of hydrogen-bond acceptors (Lipinski definition) is 2. The average molecular weight is 122 g/mol. The van der Waals surface area contributed by atoms with E-state index in [2.05, 4.69) is 16.1 Å². The van der Waals surface area contributed by atoms with Gasteiger partial charge in [0.15, 0.2) is 0 Å². The molecule has 1 aliphatic rings. The summed E-state index contributed by atoms with van der Waals surface area (Å²) in [5.41, 5.74) is 0.941. The third-order valence-electron chi connectivity index (χ3n) is 1.01. The van der Waals surface area contributed by atoms with Crippen molar-refractivity contribution in [3.63, 3.8) is 0 Å². The van der Waals surface area contributed by atoms with Crippen molar-refractivity contribution in [3.05, 3.63) is 24.3 Å². The van der Waals surface area contributed by atoms with Crippen LogP contribution in [0.1, 0.15) is 6.42 Å². The number of hydrogen-bond donors (Lipinski definition) is 0. The molecule has 0 amide bonds. The minimum atomic E-state index is 0.824. The highest BCUT2D eigenvalue weighted by Gasteiger charge is 1.93. The van der Waals surface area contributed by atoms with Gasteiger partial charge in [0.2, 0.25) is 0 Å². The van der Waals surface area contributed by atoms with Gasteiger partial charge in [-0.25, -0.2) is 0 Å². The van der Waals surface area contributed by atoms with Crippen LogP contribution in [0.3, 0.4) is 0 Å². The van der Waals surface area contributed by atoms with Crippen molar-refractivity contribution in [1.29, 1.82) is 0 Å². The summed E-state index contributed by atoms with van der Waals surface area (Å²) in [5, 5.41) is 3.74. The van der Waals surface area contributed by atoms with Crippen molar-refractivity contribution < 1.29 is 4.84 Å². The molecule has 2 heteroatoms. The average Bonchev–Trinajstić information content (AvgIpc) is 1.91. The molecular weight excluding hydrogens is 114 g/mol. The van der Waals surface area contributed by atoms with Crippen molar-refractivity contribution in [2.75, 3.05) is 7.11 Å². The predicted octanol–water partition coefficient (Wildman–Crippen LogP) is 1.31. The monoisotopic (exact) mass is 122 g/mol. The van der Waals surface area contributed by atoms with Gasteiger partial charge < -0.3 is 4.84 Å². The Balaban J connectivity index is 2.55. The lowest BCUT2D eigenvalue weighted by atomic mass is 10.2. The minimum absolute atomic E-state index is 0.824. The molecule has 0 aromatic heterocycles. The van der Waals surface area contributed by atoms with Crippen LogP contribution in [0.4, 0.5) is 0 Å². The highest BCUT2D eigenvalue weighted by atomic mass is 16.6. The molecule has 0 aromatic carbocycles. The Labute approximate surface area is 54.5 Å². The second-order valence-electron chi connectivity index (χ2n) is 1.67. The van der Waals surface area contributed by atoms with E-state index in [-0.39, 0.29) is 0 Å². The van der Waals surface area contributed by atoms with Crippen molar-refractivity contribution in [2.45, 2.75) is 6.42 Å². The van der Waals surface area contributed by atoms with E-state index in [9.17, 15) is 0 Å². The van der Waals surface area contributed by atoms with E-state index in [1.54, 1.807) is 7.11 Å². The van der Waals surface area contributed by atoms with Crippen LogP contribution in [-0.4, -0.2) is 12.8 Å². The van der Waals surface area contributed by atoms with Crippen LogP contribution < -0.4 is 0 Å². The summed E-state index contributed by atoms with van der Waals surface area (Å²) in [7, 11) is 1.54. The van der Waals surface area contributed by atoms with E-state index in [0.717, 1.165) is 12.1 Å². The van der Waals surface area contributed by atoms with Crippen LogP contribution in [0.25, 0.3) is 0 Å². The first-order chi connectivity index (χ1) is 4.43. The Hall–Kier alpha value is -1.05. The molecule has 0 saturated carbocycles. The lowest BCUT2D eigenvalue weighted by Crippen LogP contribution is -1.94. The zero-order valence-corrected chi connectivity index (χ0v) is 5.29. The number of nitrogens with zero attached hydrogens (tertiary/aromatic N) is 1. The molecule has 1 rings (SSSR count). The Bertz CT molecular complexity index is 168. The molecule has 0 spiro atoms. The minimum Gasteiger partial charge on any atom is -0.399 e. The first kappa shape index (κ1) is 6.08. The molecule has 0 N–H and O–H groups in total. The van der Waals surface area contributed by atoms with E-state index in [1.165, 1.54) is 0 Å². The SMILES string of the molecule is CON=C1C=C[C]=CC1. The van der Waals surface area contributed by atoms with E-state index >= 15 is 0 Å². The number of allylic oxidation sites excluding steroid dienone is 4. The van der Waals surface area contributed by atoms with Crippen LogP contribution in [0.5, 0.6) is 0 Å². The molecule has 1 radical (unpaired) electrons. The summed E-state index contributed by atoms with van der Waals surface area (Å²) < 4.78 is 0. The summed E-state index contributed by atoms with van der Waals surface area (Å²) in [5.74, 6) is 0. The Kier molecular flexibility index (Phi) is 2.07. The van der Waals surface area contributed by atoms with Gasteiger partial charge in [0.1, 0.15) is 7.11 Å². The third kappa shape index (κ3) is 1.72. The van der Waals surface area contributed by atoms with Crippen LogP contribution >= 0.6 is 0 Å². The van der Waals surface area contributed by atoms with Gasteiger partial charge >= 0.3 is 0 Å². The van der Waals surface area contributed by atoms with E-state index < -0.39 is 0 Å². The van der Waals surface area contributed by atoms with Gasteiger partial charge in [0, 0.05) is 6.42 Å². The maximum atomic E-state index is 4.57. The normalized spacial score (nSPS) is 20.8. The maximum absolute atomic E-state index is 4.57. The van der Waals surface area contributed by atoms with Crippen molar-refractivity contribution in [1.82, 2.24) is 0 Å². The Morgan fingerprint density at radius 2 is 2.67 bits per heavy atom. The molecule has 0 aliphatic heterocycles. The number of oxime groups is 1. The molecule has 1 aliphatic carbocycles. The van der Waals surface area contributed by atoms with Gasteiger partial charge in [-0.2, -0.15) is 0 Å². The van der Waals surface area contributed by atoms with Crippen molar-refractivity contribution in [3.8, 4) is 0 Å². The van der Waals surface area contributed by atoms with Gasteiger partial charge in [-0.1, -0.05) is 17.3 Å². The molecule has 0 bridgehead atoms. The fraction of sp³-hybridized carbons (Fsp3) is 0.286. The van der Waals surface area contributed by atoms with Gasteiger partial charge in [-0.3, -0.25) is 0 Å². The predicted molar refractivity (Wildman–Crippen MR) is 36.0 cm³/mol. The highest BCUT2D eigenvalue weighted by Crippen LogP contribution is 1.97. The fourth-order valence-corrected chi connectivity index (χ4v) is 0.629. The zero-order chi connectivity index (χ0) is 6.53. The molecular formula is C7H8NO. The van der Waals surface area contributed by atoms with Crippen molar-refractivity contribution in [2.24, 2.45) is 5.16 Å². The fourth-order valence-electron chi connectivity index (χ4n) is 0.629. The van der Waals surface area contributed by atoms with Crippen LogP contribution in [0.2, 0.25) is 0 Å². The second kappa shape index (κ2) is 3.07. The maximum Gasteiger partial charge on any atom is 0.106 e. The first-order valence-electron chi connectivity index (χ1n) is 2.78. The Morgan fingerprint density at radius 1 is 1.78 bits per heavy atom. The third-order valence-corrected chi connectivity index (χ3v) is 1.01. The van der Waals surface area contributed by atoms with Gasteiger partial charge in [0.25, 0.3) is 0 Å². The van der Waals surface area contributed by atoms with E-state index in [4.69, 9.17) is 0 Å². The molecule has 0 aromatic rings. The number of rotatable bonds is 1. The topological polar surface area (TPSA) is 21.6 Å². The molecule has 0 unspecified atom stereocenters. The molecule has 0 saturated heterocycles. The molecule has 0 atom stereocenters. The smallest absolute Gasteiger partial charge is 0.106 e. The van der Waals surface area contributed by atoms with E-state index in [1.807, 2.05) is 18.2 Å². The largest absolute Gasteiger partial charge is 0.399 e. The van der Waals surface area contributed by atoms with Crippen LogP contribution in [0, 0.1) is 6.08 Å². The summed E-state index contributed by atoms with van der Waals surface area (Å²) in [6, 6.07) is 0. The van der Waals surface area contributed by atoms with Gasteiger partial charge in [0.05, 0.1) is 5.71 Å². The van der Waals surface area contributed by atoms with E-state index in [0.29, 0.717) is 0 Å². The lowest BCUT2D eigenvalue weighted by Gasteiger charge is -1.96. The second-order valence-corrected chi connectivity index (χ2v) is 1.67. The van der Waals surface area contributed by atoms with Crippen molar-refractivity contribution >= 4 is 5.71 Å². The molecule has 47 valence electrons. The molecule has 2 nitrogen and oxygen atoms in total. The molecule has 9 heavy (non-hydrogen) atoms. The summed E-state index contributed by atoms with van der Waals surface area (Å²) >= 11 is 0. The molecule has 0 heterocycles. The van der Waals surface area contributed by atoms with Gasteiger partial charge in [-0.05, 0) is 12.2 Å². The Morgan fingerprint density at radius 3 is 3.22 bits per heavy atom. The standard InChI is InChI=1S/C7H8NO/c1-9-8-7-5-3-2-4-6-7/h3-5H,6H2,1H3. The zero-order valence-electron chi connectivity index (χ0n) is 5.29. The highest BCUT2D eigenvalue weighted by molar-refractivity contribution is 5.96. The quantitative estimate of drug-likeness (QED) is 0.480. The first-order valence-corrected chi connectivity index (χ1v) is 2.78. The molecule has 0 fully saturated rings. The summed E-state index contributed by atoms with van der Waals surface area (Å²) in [6.45, 7) is 0. The summed E-state index contributed by atoms with van der Waals surface area (Å²) in [6.07, 6.45) is 9.37. The van der Waals surface area contributed by atoms with Gasteiger partial charge in [-0.15, -0.1) is 0 Å². The lowest BCUT2D eigenvalue weighted by molar-refractivity contribution is 0.213.